The van der Waals surface area contributed by atoms with Crippen LogP contribution in [0.5, 0.6) is 0 Å². The molecule has 18 heavy (non-hydrogen) atoms. The second-order valence-electron chi connectivity index (χ2n) is 4.64. The van der Waals surface area contributed by atoms with Crippen LogP contribution in [0.4, 0.5) is 5.69 Å². The third-order valence-electron chi connectivity index (χ3n) is 2.70. The highest BCUT2D eigenvalue weighted by Crippen LogP contribution is 2.11. The fourth-order valence-electron chi connectivity index (χ4n) is 1.80. The molecule has 0 spiro atoms. The Labute approximate surface area is 108 Å². The quantitative estimate of drug-likeness (QED) is 0.872. The van der Waals surface area contributed by atoms with Gasteiger partial charge in [0, 0.05) is 31.2 Å². The summed E-state index contributed by atoms with van der Waals surface area (Å²) in [6.45, 7) is 1.81. The second kappa shape index (κ2) is 6.17. The Balaban J connectivity index is 1.90. The molecule has 0 fully saturated rings. The van der Waals surface area contributed by atoms with Gasteiger partial charge >= 0.3 is 0 Å². The third-order valence-corrected chi connectivity index (χ3v) is 2.70. The lowest BCUT2D eigenvalue weighted by Crippen LogP contribution is -2.10. The van der Waals surface area contributed by atoms with Crippen LogP contribution in [0.1, 0.15) is 11.1 Å². The van der Waals surface area contributed by atoms with Crippen LogP contribution < -0.4 is 5.32 Å². The molecule has 0 aliphatic rings. The van der Waals surface area contributed by atoms with Gasteiger partial charge in [-0.15, -0.1) is 0 Å². The molecule has 1 aromatic carbocycles. The number of benzene rings is 1. The van der Waals surface area contributed by atoms with Gasteiger partial charge < -0.3 is 10.2 Å². The smallest absolute Gasteiger partial charge is 0.0401 e. The Morgan fingerprint density at radius 2 is 1.61 bits per heavy atom. The molecule has 1 N–H and O–H groups in total. The van der Waals surface area contributed by atoms with Crippen molar-refractivity contribution in [2.45, 2.75) is 13.1 Å². The molecule has 2 rings (SSSR count). The summed E-state index contributed by atoms with van der Waals surface area (Å²) >= 11 is 0. The van der Waals surface area contributed by atoms with E-state index in [2.05, 4.69) is 53.6 Å². The number of nitrogens with zero attached hydrogens (tertiary/aromatic N) is 2. The van der Waals surface area contributed by atoms with Gasteiger partial charge in [-0.05, 0) is 49.5 Å². The first kappa shape index (κ1) is 12.6. The molecule has 0 atom stereocenters. The molecule has 0 bridgehead atoms. The van der Waals surface area contributed by atoms with E-state index in [1.165, 1.54) is 11.1 Å². The average Bonchev–Trinajstić information content (AvgIpc) is 2.38. The summed E-state index contributed by atoms with van der Waals surface area (Å²) in [6.07, 6.45) is 3.63. The molecule has 2 aromatic rings. The van der Waals surface area contributed by atoms with Crippen molar-refractivity contribution in [1.29, 1.82) is 0 Å². The minimum Gasteiger partial charge on any atom is -0.381 e. The molecular weight excluding hydrogens is 222 g/mol. The normalized spacial score (nSPS) is 10.6. The largest absolute Gasteiger partial charge is 0.381 e. The Morgan fingerprint density at radius 1 is 0.944 bits per heavy atom. The van der Waals surface area contributed by atoms with E-state index in [1.807, 2.05) is 24.5 Å². The fourth-order valence-corrected chi connectivity index (χ4v) is 1.80. The topological polar surface area (TPSA) is 28.2 Å². The number of pyridine rings is 1. The first-order valence-corrected chi connectivity index (χ1v) is 6.10. The first-order valence-electron chi connectivity index (χ1n) is 6.10. The Bertz CT molecular complexity index is 463. The summed E-state index contributed by atoms with van der Waals surface area (Å²) in [7, 11) is 4.16. The summed E-state index contributed by atoms with van der Waals surface area (Å²) in [5, 5.41) is 3.40. The van der Waals surface area contributed by atoms with Gasteiger partial charge in [-0.1, -0.05) is 12.1 Å². The van der Waals surface area contributed by atoms with Crippen molar-refractivity contribution in [1.82, 2.24) is 9.88 Å². The Morgan fingerprint density at radius 3 is 2.22 bits per heavy atom. The summed E-state index contributed by atoms with van der Waals surface area (Å²) in [5.41, 5.74) is 3.71. The maximum atomic E-state index is 4.01. The number of aromatic nitrogens is 1. The minimum atomic E-state index is 0.829. The molecule has 0 amide bonds. The predicted molar refractivity (Wildman–Crippen MR) is 75.4 cm³/mol. The molecular formula is C15H19N3. The van der Waals surface area contributed by atoms with Gasteiger partial charge in [0.15, 0.2) is 0 Å². The zero-order valence-electron chi connectivity index (χ0n) is 10.9. The van der Waals surface area contributed by atoms with E-state index in [9.17, 15) is 0 Å². The van der Waals surface area contributed by atoms with E-state index in [0.717, 1.165) is 18.8 Å². The number of hydrogen-bond donors (Lipinski definition) is 1. The monoisotopic (exact) mass is 241 g/mol. The van der Waals surface area contributed by atoms with E-state index in [0.29, 0.717) is 0 Å². The number of hydrogen-bond acceptors (Lipinski definition) is 3. The van der Waals surface area contributed by atoms with E-state index in [-0.39, 0.29) is 0 Å². The highest BCUT2D eigenvalue weighted by Gasteiger charge is 1.96. The van der Waals surface area contributed by atoms with Crippen molar-refractivity contribution >= 4 is 5.69 Å². The highest BCUT2D eigenvalue weighted by atomic mass is 15.0. The van der Waals surface area contributed by atoms with Crippen LogP contribution in [-0.2, 0) is 13.1 Å². The van der Waals surface area contributed by atoms with Crippen LogP contribution in [-0.4, -0.2) is 24.0 Å². The lowest BCUT2D eigenvalue weighted by atomic mass is 10.2. The Kier molecular flexibility index (Phi) is 4.31. The molecule has 0 saturated heterocycles. The van der Waals surface area contributed by atoms with Gasteiger partial charge in [0.25, 0.3) is 0 Å². The molecule has 3 heteroatoms. The maximum Gasteiger partial charge on any atom is 0.0401 e. The van der Waals surface area contributed by atoms with E-state index in [4.69, 9.17) is 0 Å². The van der Waals surface area contributed by atoms with E-state index < -0.39 is 0 Å². The van der Waals surface area contributed by atoms with Crippen molar-refractivity contribution < 1.29 is 0 Å². The highest BCUT2D eigenvalue weighted by molar-refractivity contribution is 5.45. The Hall–Kier alpha value is -1.87. The lowest BCUT2D eigenvalue weighted by Gasteiger charge is -2.11. The van der Waals surface area contributed by atoms with E-state index >= 15 is 0 Å². The molecule has 0 radical (unpaired) electrons. The van der Waals surface area contributed by atoms with Crippen molar-refractivity contribution in [3.63, 3.8) is 0 Å². The van der Waals surface area contributed by atoms with Crippen molar-refractivity contribution in [3.05, 3.63) is 59.9 Å². The second-order valence-corrected chi connectivity index (χ2v) is 4.64. The molecule has 0 aliphatic carbocycles. The van der Waals surface area contributed by atoms with Gasteiger partial charge in [0.05, 0.1) is 0 Å². The van der Waals surface area contributed by atoms with Crippen molar-refractivity contribution in [2.24, 2.45) is 0 Å². The zero-order chi connectivity index (χ0) is 12.8. The zero-order valence-corrected chi connectivity index (χ0v) is 10.9. The van der Waals surface area contributed by atoms with Crippen LogP contribution >= 0.6 is 0 Å². The van der Waals surface area contributed by atoms with Gasteiger partial charge in [-0.25, -0.2) is 0 Å². The first-order chi connectivity index (χ1) is 8.74. The standard InChI is InChI=1S/C15H19N3/c1-18(2)12-14-3-5-15(6-4-14)17-11-13-7-9-16-10-8-13/h3-10,17H,11-12H2,1-2H3. The molecule has 0 aliphatic heterocycles. The minimum absolute atomic E-state index is 0.829. The lowest BCUT2D eigenvalue weighted by molar-refractivity contribution is 0.402. The summed E-state index contributed by atoms with van der Waals surface area (Å²) in [6, 6.07) is 12.6. The third kappa shape index (κ3) is 3.86. The van der Waals surface area contributed by atoms with Crippen LogP contribution in [0.2, 0.25) is 0 Å². The fraction of sp³-hybridized carbons (Fsp3) is 0.267. The predicted octanol–water partition coefficient (Wildman–Crippen LogP) is 2.76. The van der Waals surface area contributed by atoms with Gasteiger partial charge in [0.2, 0.25) is 0 Å². The molecule has 94 valence electrons. The molecule has 1 heterocycles. The average molecular weight is 241 g/mol. The number of nitrogens with one attached hydrogen (secondary N) is 1. The van der Waals surface area contributed by atoms with Crippen LogP contribution in [0, 0.1) is 0 Å². The molecule has 1 aromatic heterocycles. The van der Waals surface area contributed by atoms with Crippen LogP contribution in [0.25, 0.3) is 0 Å². The molecule has 0 saturated carbocycles. The van der Waals surface area contributed by atoms with Gasteiger partial charge in [0.1, 0.15) is 0 Å². The van der Waals surface area contributed by atoms with Crippen molar-refractivity contribution in [3.8, 4) is 0 Å². The summed E-state index contributed by atoms with van der Waals surface area (Å²) in [5.74, 6) is 0. The SMILES string of the molecule is CN(C)Cc1ccc(NCc2ccncc2)cc1. The molecule has 3 nitrogen and oxygen atoms in total. The van der Waals surface area contributed by atoms with Gasteiger partial charge in [-0.3, -0.25) is 4.98 Å². The summed E-state index contributed by atoms with van der Waals surface area (Å²) < 4.78 is 0. The maximum absolute atomic E-state index is 4.01. The van der Waals surface area contributed by atoms with Crippen molar-refractivity contribution in [2.75, 3.05) is 19.4 Å². The van der Waals surface area contributed by atoms with Gasteiger partial charge in [-0.2, -0.15) is 0 Å². The summed E-state index contributed by atoms with van der Waals surface area (Å²) in [4.78, 5) is 6.17. The molecule has 0 unspecified atom stereocenters. The van der Waals surface area contributed by atoms with Crippen LogP contribution in [0.3, 0.4) is 0 Å². The number of anilines is 1. The van der Waals surface area contributed by atoms with Crippen LogP contribution in [0.15, 0.2) is 48.8 Å². The number of rotatable bonds is 5. The van der Waals surface area contributed by atoms with E-state index in [1.54, 1.807) is 0 Å².